The monoisotopic (exact) mass is 405 g/mol. The zero-order chi connectivity index (χ0) is 21.1. The van der Waals surface area contributed by atoms with E-state index in [0.29, 0.717) is 33.6 Å². The fourth-order valence-electron chi connectivity index (χ4n) is 3.43. The van der Waals surface area contributed by atoms with Crippen molar-refractivity contribution in [2.45, 2.75) is 19.6 Å². The third-order valence-electron chi connectivity index (χ3n) is 4.96. The number of benzene rings is 3. The molecule has 0 aliphatic rings. The Morgan fingerprint density at radius 3 is 2.63 bits per heavy atom. The average Bonchev–Trinajstić information content (AvgIpc) is 3.15. The summed E-state index contributed by atoms with van der Waals surface area (Å²) in [6.45, 7) is 0.355. The number of rotatable bonds is 7. The van der Waals surface area contributed by atoms with Gasteiger partial charge < -0.3 is 20.0 Å². The van der Waals surface area contributed by atoms with E-state index >= 15 is 0 Å². The first-order valence-corrected chi connectivity index (χ1v) is 9.47. The molecule has 5 nitrogen and oxygen atoms in total. The van der Waals surface area contributed by atoms with Gasteiger partial charge in [-0.05, 0) is 17.7 Å². The van der Waals surface area contributed by atoms with E-state index in [1.54, 1.807) is 54.8 Å². The first-order chi connectivity index (χ1) is 14.6. The van der Waals surface area contributed by atoms with Crippen molar-refractivity contribution in [1.29, 1.82) is 0 Å². The molecule has 0 aliphatic carbocycles. The Hall–Kier alpha value is -3.64. The molecule has 3 aromatic carbocycles. The fraction of sp³-hybridized carbons (Fsp3) is 0.125. The number of carboxylic acids is 1. The predicted octanol–water partition coefficient (Wildman–Crippen LogP) is 4.90. The van der Waals surface area contributed by atoms with Crippen molar-refractivity contribution in [2.24, 2.45) is 5.73 Å². The number of aliphatic carboxylic acids is 1. The van der Waals surface area contributed by atoms with Gasteiger partial charge in [0, 0.05) is 34.2 Å². The normalized spacial score (nSPS) is 11.0. The summed E-state index contributed by atoms with van der Waals surface area (Å²) in [5.74, 6) is -0.727. The third kappa shape index (κ3) is 3.90. The van der Waals surface area contributed by atoms with Crippen molar-refractivity contribution in [3.8, 4) is 16.9 Å². The van der Waals surface area contributed by atoms with Crippen molar-refractivity contribution in [2.75, 3.05) is 0 Å². The largest absolute Gasteiger partial charge is 0.488 e. The van der Waals surface area contributed by atoms with Crippen LogP contribution in [0, 0.1) is 5.82 Å². The maximum absolute atomic E-state index is 14.6. The number of para-hydroxylation sites is 1. The van der Waals surface area contributed by atoms with Crippen LogP contribution in [0.2, 0.25) is 0 Å². The molecule has 30 heavy (non-hydrogen) atoms. The smallest absolute Gasteiger partial charge is 0.307 e. The van der Waals surface area contributed by atoms with Gasteiger partial charge in [-0.1, -0.05) is 48.5 Å². The highest BCUT2D eigenvalue weighted by Gasteiger charge is 2.13. The molecule has 0 bridgehead atoms. The van der Waals surface area contributed by atoms with E-state index in [2.05, 4.69) is 0 Å². The van der Waals surface area contributed by atoms with E-state index in [1.165, 1.54) is 0 Å². The predicted molar refractivity (Wildman–Crippen MR) is 112 cm³/mol. The van der Waals surface area contributed by atoms with E-state index in [9.17, 15) is 9.18 Å². The average molecular weight is 405 g/mol. The van der Waals surface area contributed by atoms with Gasteiger partial charge >= 0.3 is 5.97 Å². The van der Waals surface area contributed by atoms with Crippen LogP contribution in [0.1, 0.15) is 16.7 Å². The molecule has 1 heterocycles. The van der Waals surface area contributed by atoms with Crippen LogP contribution in [-0.4, -0.2) is 11.1 Å². The molecule has 0 unspecified atom stereocenters. The van der Waals surface area contributed by atoms with Gasteiger partial charge in [0.15, 0.2) is 0 Å². The SMILES string of the molecule is NCc1cccc(-c2ccc3c(COc4ccccc4CC(=O)O)coc3c2)c1F. The molecule has 0 fully saturated rings. The van der Waals surface area contributed by atoms with Gasteiger partial charge in [-0.3, -0.25) is 4.79 Å². The van der Waals surface area contributed by atoms with Gasteiger partial charge in [-0.25, -0.2) is 4.39 Å². The number of hydrogen-bond donors (Lipinski definition) is 2. The van der Waals surface area contributed by atoms with Gasteiger partial charge in [-0.15, -0.1) is 0 Å². The number of hydrogen-bond acceptors (Lipinski definition) is 4. The van der Waals surface area contributed by atoms with Crippen LogP contribution >= 0.6 is 0 Å². The minimum absolute atomic E-state index is 0.112. The van der Waals surface area contributed by atoms with Crippen LogP contribution in [0.3, 0.4) is 0 Å². The highest BCUT2D eigenvalue weighted by Crippen LogP contribution is 2.31. The fourth-order valence-corrected chi connectivity index (χ4v) is 3.43. The lowest BCUT2D eigenvalue weighted by Crippen LogP contribution is -2.03. The second kappa shape index (κ2) is 8.39. The first-order valence-electron chi connectivity index (χ1n) is 9.47. The molecule has 0 radical (unpaired) electrons. The van der Waals surface area contributed by atoms with Gasteiger partial charge in [-0.2, -0.15) is 0 Å². The van der Waals surface area contributed by atoms with Crippen LogP contribution in [0.5, 0.6) is 5.75 Å². The number of fused-ring (bicyclic) bond motifs is 1. The van der Waals surface area contributed by atoms with Gasteiger partial charge in [0.25, 0.3) is 0 Å². The minimum atomic E-state index is -0.918. The minimum Gasteiger partial charge on any atom is -0.488 e. The molecule has 6 heteroatoms. The Bertz CT molecular complexity index is 1220. The summed E-state index contributed by atoms with van der Waals surface area (Å²) in [6.07, 6.45) is 1.49. The Kier molecular flexibility index (Phi) is 5.50. The number of carboxylic acid groups (broad SMARTS) is 1. The summed E-state index contributed by atoms with van der Waals surface area (Å²) >= 11 is 0. The zero-order valence-electron chi connectivity index (χ0n) is 16.1. The van der Waals surface area contributed by atoms with Crippen molar-refractivity contribution < 1.29 is 23.4 Å². The van der Waals surface area contributed by atoms with Crippen molar-refractivity contribution in [1.82, 2.24) is 0 Å². The van der Waals surface area contributed by atoms with Gasteiger partial charge in [0.1, 0.15) is 23.8 Å². The van der Waals surface area contributed by atoms with Gasteiger partial charge in [0.2, 0.25) is 0 Å². The molecule has 4 rings (SSSR count). The topological polar surface area (TPSA) is 85.7 Å². The molecular formula is C24H20FNO4. The lowest BCUT2D eigenvalue weighted by molar-refractivity contribution is -0.136. The molecule has 0 atom stereocenters. The van der Waals surface area contributed by atoms with E-state index in [-0.39, 0.29) is 25.4 Å². The summed E-state index contributed by atoms with van der Waals surface area (Å²) in [5.41, 5.74) is 9.27. The Balaban J connectivity index is 1.59. The summed E-state index contributed by atoms with van der Waals surface area (Å²) in [6, 6.07) is 17.7. The number of nitrogens with two attached hydrogens (primary N) is 1. The molecule has 4 aromatic rings. The van der Waals surface area contributed by atoms with E-state index < -0.39 is 5.97 Å². The van der Waals surface area contributed by atoms with Crippen molar-refractivity contribution >= 4 is 16.9 Å². The molecular weight excluding hydrogens is 385 g/mol. The quantitative estimate of drug-likeness (QED) is 0.457. The summed E-state index contributed by atoms with van der Waals surface area (Å²) in [4.78, 5) is 11.0. The molecule has 152 valence electrons. The number of ether oxygens (including phenoxy) is 1. The molecule has 0 spiro atoms. The second-order valence-electron chi connectivity index (χ2n) is 6.92. The van der Waals surface area contributed by atoms with E-state index in [4.69, 9.17) is 20.0 Å². The van der Waals surface area contributed by atoms with E-state index in [0.717, 1.165) is 10.9 Å². The number of carbonyl (C=O) groups is 1. The maximum atomic E-state index is 14.6. The second-order valence-corrected chi connectivity index (χ2v) is 6.92. The summed E-state index contributed by atoms with van der Waals surface area (Å²) in [7, 11) is 0. The lowest BCUT2D eigenvalue weighted by atomic mass is 10.0. The highest BCUT2D eigenvalue weighted by atomic mass is 19.1. The maximum Gasteiger partial charge on any atom is 0.307 e. The molecule has 0 amide bonds. The Labute approximate surface area is 172 Å². The zero-order valence-corrected chi connectivity index (χ0v) is 16.1. The van der Waals surface area contributed by atoms with Crippen molar-refractivity contribution in [3.63, 3.8) is 0 Å². The number of furan rings is 1. The summed E-state index contributed by atoms with van der Waals surface area (Å²) in [5, 5.41) is 9.90. The van der Waals surface area contributed by atoms with Crippen LogP contribution in [0.4, 0.5) is 4.39 Å². The Morgan fingerprint density at radius 2 is 1.83 bits per heavy atom. The number of halogens is 1. The molecule has 0 aliphatic heterocycles. The Morgan fingerprint density at radius 1 is 1.03 bits per heavy atom. The first kappa shape index (κ1) is 19.7. The summed E-state index contributed by atoms with van der Waals surface area (Å²) < 4.78 is 26.2. The van der Waals surface area contributed by atoms with E-state index in [1.807, 2.05) is 12.1 Å². The third-order valence-corrected chi connectivity index (χ3v) is 4.96. The standard InChI is InChI=1S/C24H20FNO4/c25-24-17(12-26)5-3-6-20(24)15-8-9-19-18(14-30-22(19)10-15)13-29-21-7-2-1-4-16(21)11-23(27)28/h1-10,14H,11-13,26H2,(H,27,28). The van der Waals surface area contributed by atoms with Crippen molar-refractivity contribution in [3.05, 3.63) is 89.4 Å². The van der Waals surface area contributed by atoms with Crippen LogP contribution in [-0.2, 0) is 24.4 Å². The van der Waals surface area contributed by atoms with Crippen LogP contribution in [0.15, 0.2) is 71.3 Å². The van der Waals surface area contributed by atoms with Crippen LogP contribution in [0.25, 0.3) is 22.1 Å². The highest BCUT2D eigenvalue weighted by molar-refractivity contribution is 5.86. The molecule has 0 saturated carbocycles. The van der Waals surface area contributed by atoms with Gasteiger partial charge in [0.05, 0.1) is 12.7 Å². The van der Waals surface area contributed by atoms with Crippen LogP contribution < -0.4 is 10.5 Å². The molecule has 0 saturated heterocycles. The molecule has 1 aromatic heterocycles. The lowest BCUT2D eigenvalue weighted by Gasteiger charge is -2.10. The molecule has 3 N–H and O–H groups in total.